The van der Waals surface area contributed by atoms with E-state index in [2.05, 4.69) is 15.6 Å². The van der Waals surface area contributed by atoms with E-state index in [9.17, 15) is 13.2 Å². The van der Waals surface area contributed by atoms with Gasteiger partial charge in [-0.05, 0) is 31.0 Å². The van der Waals surface area contributed by atoms with Gasteiger partial charge < -0.3 is 15.4 Å². The van der Waals surface area contributed by atoms with Crippen molar-refractivity contribution in [2.75, 3.05) is 33.3 Å². The smallest absolute Gasteiger partial charge is 0.401 e. The molecule has 0 aromatic heterocycles. The van der Waals surface area contributed by atoms with Gasteiger partial charge in [-0.25, -0.2) is 4.99 Å². The number of halogens is 3. The van der Waals surface area contributed by atoms with Crippen LogP contribution in [-0.4, -0.2) is 56.4 Å². The highest BCUT2D eigenvalue weighted by molar-refractivity contribution is 5.80. The Morgan fingerprint density at radius 1 is 1.40 bits per heavy atom. The zero-order valence-corrected chi connectivity index (χ0v) is 14.6. The predicted molar refractivity (Wildman–Crippen MR) is 91.8 cm³/mol. The quantitative estimate of drug-likeness (QED) is 0.606. The van der Waals surface area contributed by atoms with Gasteiger partial charge in [0.2, 0.25) is 0 Å². The first-order valence-corrected chi connectivity index (χ1v) is 8.36. The molecule has 0 aliphatic carbocycles. The van der Waals surface area contributed by atoms with Crippen LogP contribution in [0.1, 0.15) is 18.9 Å². The Kier molecular flexibility index (Phi) is 6.92. The molecule has 1 aromatic rings. The first kappa shape index (κ1) is 19.4. The minimum Gasteiger partial charge on any atom is -0.497 e. The van der Waals surface area contributed by atoms with E-state index in [0.717, 1.165) is 11.3 Å². The number of alkyl halides is 3. The number of guanidine groups is 1. The number of rotatable bonds is 6. The Balaban J connectivity index is 1.91. The number of benzene rings is 1. The monoisotopic (exact) mass is 358 g/mol. The van der Waals surface area contributed by atoms with Crippen molar-refractivity contribution in [1.82, 2.24) is 15.5 Å². The van der Waals surface area contributed by atoms with Gasteiger partial charge in [0.05, 0.1) is 20.2 Å². The zero-order chi connectivity index (χ0) is 18.3. The fourth-order valence-electron chi connectivity index (χ4n) is 2.80. The van der Waals surface area contributed by atoms with Gasteiger partial charge in [-0.1, -0.05) is 12.1 Å². The summed E-state index contributed by atoms with van der Waals surface area (Å²) in [5.74, 6) is 1.38. The largest absolute Gasteiger partial charge is 0.497 e. The molecule has 0 radical (unpaired) electrons. The van der Waals surface area contributed by atoms with Crippen molar-refractivity contribution in [2.45, 2.75) is 32.1 Å². The molecule has 1 saturated heterocycles. The average molecular weight is 358 g/mol. The summed E-state index contributed by atoms with van der Waals surface area (Å²) in [5.41, 5.74) is 1.00. The summed E-state index contributed by atoms with van der Waals surface area (Å²) in [7, 11) is 1.61. The Bertz CT molecular complexity index is 577. The fourth-order valence-corrected chi connectivity index (χ4v) is 2.80. The van der Waals surface area contributed by atoms with Crippen molar-refractivity contribution in [3.8, 4) is 5.75 Å². The summed E-state index contributed by atoms with van der Waals surface area (Å²) in [4.78, 5) is 5.94. The van der Waals surface area contributed by atoms with E-state index < -0.39 is 12.7 Å². The van der Waals surface area contributed by atoms with Crippen LogP contribution in [0.4, 0.5) is 13.2 Å². The predicted octanol–water partition coefficient (Wildman–Crippen LogP) is 2.39. The lowest BCUT2D eigenvalue weighted by Gasteiger charge is -2.19. The number of nitrogens with zero attached hydrogens (tertiary/aromatic N) is 2. The number of likely N-dealkylation sites (tertiary alicyclic amines) is 1. The Hall–Kier alpha value is -1.96. The molecule has 1 heterocycles. The molecule has 1 fully saturated rings. The van der Waals surface area contributed by atoms with Crippen molar-refractivity contribution >= 4 is 5.96 Å². The molecule has 5 nitrogen and oxygen atoms in total. The van der Waals surface area contributed by atoms with Gasteiger partial charge in [-0.2, -0.15) is 13.2 Å². The van der Waals surface area contributed by atoms with E-state index in [1.807, 2.05) is 31.2 Å². The van der Waals surface area contributed by atoms with Crippen LogP contribution >= 0.6 is 0 Å². The topological polar surface area (TPSA) is 48.9 Å². The van der Waals surface area contributed by atoms with Crippen LogP contribution < -0.4 is 15.4 Å². The second kappa shape index (κ2) is 8.94. The maximum Gasteiger partial charge on any atom is 0.401 e. The third-order valence-corrected chi connectivity index (χ3v) is 3.91. The zero-order valence-electron chi connectivity index (χ0n) is 14.6. The summed E-state index contributed by atoms with van der Waals surface area (Å²) in [5, 5.41) is 6.37. The Morgan fingerprint density at radius 2 is 2.20 bits per heavy atom. The third-order valence-electron chi connectivity index (χ3n) is 3.91. The van der Waals surface area contributed by atoms with E-state index in [1.165, 1.54) is 4.90 Å². The molecule has 0 amide bonds. The number of methoxy groups -OCH3 is 1. The summed E-state index contributed by atoms with van der Waals surface area (Å²) >= 11 is 0. The lowest BCUT2D eigenvalue weighted by atomic mass is 10.2. The first-order chi connectivity index (χ1) is 11.9. The number of hydrogen-bond donors (Lipinski definition) is 2. The first-order valence-electron chi connectivity index (χ1n) is 8.36. The third kappa shape index (κ3) is 6.81. The molecule has 1 atom stereocenters. The molecular weight excluding hydrogens is 333 g/mol. The van der Waals surface area contributed by atoms with Crippen LogP contribution in [0.25, 0.3) is 0 Å². The van der Waals surface area contributed by atoms with E-state index in [0.29, 0.717) is 38.6 Å². The maximum atomic E-state index is 12.5. The van der Waals surface area contributed by atoms with Gasteiger partial charge in [0.1, 0.15) is 5.75 Å². The average Bonchev–Trinajstić information content (AvgIpc) is 2.98. The number of aliphatic imine (C=N–C) groups is 1. The Morgan fingerprint density at radius 3 is 2.88 bits per heavy atom. The van der Waals surface area contributed by atoms with Gasteiger partial charge >= 0.3 is 6.18 Å². The minimum absolute atomic E-state index is 0.0366. The van der Waals surface area contributed by atoms with Crippen molar-refractivity contribution in [3.05, 3.63) is 29.8 Å². The molecule has 1 aliphatic rings. The molecule has 25 heavy (non-hydrogen) atoms. The van der Waals surface area contributed by atoms with Crippen LogP contribution in [0.15, 0.2) is 29.3 Å². The highest BCUT2D eigenvalue weighted by atomic mass is 19.4. The SMILES string of the molecule is CCNC(=NCc1cccc(OC)c1)NC1CCN(CC(F)(F)F)C1. The molecule has 1 aromatic carbocycles. The number of hydrogen-bond acceptors (Lipinski definition) is 3. The molecule has 0 spiro atoms. The summed E-state index contributed by atoms with van der Waals surface area (Å²) in [6.07, 6.45) is -3.49. The van der Waals surface area contributed by atoms with E-state index >= 15 is 0 Å². The fraction of sp³-hybridized carbons (Fsp3) is 0.588. The lowest BCUT2D eigenvalue weighted by Crippen LogP contribution is -2.45. The second-order valence-electron chi connectivity index (χ2n) is 6.03. The molecule has 1 unspecified atom stereocenters. The highest BCUT2D eigenvalue weighted by Crippen LogP contribution is 2.20. The molecule has 1 aliphatic heterocycles. The van der Waals surface area contributed by atoms with Crippen molar-refractivity contribution in [2.24, 2.45) is 4.99 Å². The van der Waals surface area contributed by atoms with Gasteiger partial charge in [0.25, 0.3) is 0 Å². The van der Waals surface area contributed by atoms with Crippen molar-refractivity contribution in [3.63, 3.8) is 0 Å². The summed E-state index contributed by atoms with van der Waals surface area (Å²) in [6.45, 7) is 3.04. The van der Waals surface area contributed by atoms with Crippen LogP contribution in [0.3, 0.4) is 0 Å². The van der Waals surface area contributed by atoms with E-state index in [1.54, 1.807) is 7.11 Å². The second-order valence-corrected chi connectivity index (χ2v) is 6.03. The highest BCUT2D eigenvalue weighted by Gasteiger charge is 2.34. The number of ether oxygens (including phenoxy) is 1. The normalized spacial score (nSPS) is 19.1. The van der Waals surface area contributed by atoms with E-state index in [4.69, 9.17) is 4.74 Å². The lowest BCUT2D eigenvalue weighted by molar-refractivity contribution is -0.143. The van der Waals surface area contributed by atoms with Gasteiger partial charge in [0.15, 0.2) is 5.96 Å². The molecular formula is C17H25F3N4O. The van der Waals surface area contributed by atoms with Crippen LogP contribution in [0.5, 0.6) is 5.75 Å². The van der Waals surface area contributed by atoms with E-state index in [-0.39, 0.29) is 6.04 Å². The van der Waals surface area contributed by atoms with Crippen LogP contribution in [-0.2, 0) is 6.54 Å². The summed E-state index contributed by atoms with van der Waals surface area (Å²) < 4.78 is 42.6. The molecule has 0 bridgehead atoms. The minimum atomic E-state index is -4.15. The van der Waals surface area contributed by atoms with Gasteiger partial charge in [0, 0.05) is 25.7 Å². The number of nitrogens with one attached hydrogen (secondary N) is 2. The molecule has 2 N–H and O–H groups in total. The molecule has 2 rings (SSSR count). The standard InChI is InChI=1S/C17H25F3N4O/c1-3-21-16(22-10-13-5-4-6-15(9-13)25-2)23-14-7-8-24(11-14)12-17(18,19)20/h4-6,9,14H,3,7-8,10-12H2,1-2H3,(H2,21,22,23). The van der Waals surface area contributed by atoms with Crippen LogP contribution in [0.2, 0.25) is 0 Å². The van der Waals surface area contributed by atoms with Gasteiger partial charge in [-0.15, -0.1) is 0 Å². The summed E-state index contributed by atoms with van der Waals surface area (Å²) in [6, 6.07) is 7.59. The maximum absolute atomic E-state index is 12.5. The molecule has 0 saturated carbocycles. The van der Waals surface area contributed by atoms with Gasteiger partial charge in [-0.3, -0.25) is 4.90 Å². The van der Waals surface area contributed by atoms with Crippen LogP contribution in [0, 0.1) is 0 Å². The van der Waals surface area contributed by atoms with Crippen molar-refractivity contribution < 1.29 is 17.9 Å². The van der Waals surface area contributed by atoms with Crippen molar-refractivity contribution in [1.29, 1.82) is 0 Å². The Labute approximate surface area is 146 Å². The molecule has 140 valence electrons. The molecule has 8 heteroatoms.